The van der Waals surface area contributed by atoms with Gasteiger partial charge in [0.2, 0.25) is 5.91 Å². The van der Waals surface area contributed by atoms with Crippen LogP contribution in [0.5, 0.6) is 5.75 Å². The monoisotopic (exact) mass is 365 g/mol. The molecule has 7 heteroatoms. The normalized spacial score (nSPS) is 11.1. The van der Waals surface area contributed by atoms with Crippen LogP contribution in [0.15, 0.2) is 48.5 Å². The lowest BCUT2D eigenvalue weighted by atomic mass is 10.0. The van der Waals surface area contributed by atoms with Gasteiger partial charge in [-0.2, -0.15) is 13.2 Å². The van der Waals surface area contributed by atoms with Gasteiger partial charge in [-0.05, 0) is 19.1 Å². The average Bonchev–Trinajstić information content (AvgIpc) is 2.59. The number of rotatable bonds is 7. The molecule has 0 aliphatic rings. The van der Waals surface area contributed by atoms with E-state index < -0.39 is 18.7 Å². The zero-order valence-corrected chi connectivity index (χ0v) is 14.1. The summed E-state index contributed by atoms with van der Waals surface area (Å²) in [5.41, 5.74) is 1.66. The number of para-hydroxylation sites is 2. The summed E-state index contributed by atoms with van der Waals surface area (Å²) in [6, 6.07) is 12.8. The Morgan fingerprint density at radius 1 is 1.00 bits per heavy atom. The Balaban J connectivity index is 1.91. The largest absolute Gasteiger partial charge is 0.482 e. The predicted molar refractivity (Wildman–Crippen MR) is 91.4 cm³/mol. The third-order valence-electron chi connectivity index (χ3n) is 3.51. The SMILES string of the molecule is Cc1ccc(C(=O)CCC(=O)Nc2ccccc2OCC(F)(F)F)cc1. The van der Waals surface area contributed by atoms with E-state index in [1.54, 1.807) is 18.2 Å². The van der Waals surface area contributed by atoms with Crippen molar-refractivity contribution >= 4 is 17.4 Å². The third-order valence-corrected chi connectivity index (χ3v) is 3.51. The van der Waals surface area contributed by atoms with Gasteiger partial charge in [-0.1, -0.05) is 42.0 Å². The minimum absolute atomic E-state index is 0.000466. The van der Waals surface area contributed by atoms with Crippen molar-refractivity contribution in [3.63, 3.8) is 0 Å². The second-order valence-electron chi connectivity index (χ2n) is 5.74. The number of carbonyl (C=O) groups excluding carboxylic acids is 2. The molecule has 1 amide bonds. The van der Waals surface area contributed by atoms with Crippen molar-refractivity contribution in [2.24, 2.45) is 0 Å². The van der Waals surface area contributed by atoms with Gasteiger partial charge in [-0.25, -0.2) is 0 Å². The number of hydrogen-bond acceptors (Lipinski definition) is 3. The first-order valence-corrected chi connectivity index (χ1v) is 7.93. The van der Waals surface area contributed by atoms with Gasteiger partial charge in [0, 0.05) is 18.4 Å². The van der Waals surface area contributed by atoms with Gasteiger partial charge < -0.3 is 10.1 Å². The van der Waals surface area contributed by atoms with Crippen LogP contribution in [0.2, 0.25) is 0 Å². The van der Waals surface area contributed by atoms with Gasteiger partial charge in [0.05, 0.1) is 5.69 Å². The molecule has 138 valence electrons. The van der Waals surface area contributed by atoms with Crippen molar-refractivity contribution in [2.75, 3.05) is 11.9 Å². The summed E-state index contributed by atoms with van der Waals surface area (Å²) in [6.45, 7) is 0.450. The van der Waals surface area contributed by atoms with E-state index in [1.807, 2.05) is 19.1 Å². The van der Waals surface area contributed by atoms with Crippen molar-refractivity contribution in [1.29, 1.82) is 0 Å². The highest BCUT2D eigenvalue weighted by molar-refractivity contribution is 6.00. The molecule has 2 aromatic carbocycles. The molecule has 0 fully saturated rings. The number of alkyl halides is 3. The highest BCUT2D eigenvalue weighted by Crippen LogP contribution is 2.26. The highest BCUT2D eigenvalue weighted by atomic mass is 19.4. The molecule has 2 rings (SSSR count). The maximum Gasteiger partial charge on any atom is 0.422 e. The summed E-state index contributed by atoms with van der Waals surface area (Å²) in [7, 11) is 0. The van der Waals surface area contributed by atoms with Gasteiger partial charge in [0.1, 0.15) is 5.75 Å². The first-order chi connectivity index (χ1) is 12.2. The lowest BCUT2D eigenvalue weighted by Gasteiger charge is -2.13. The van der Waals surface area contributed by atoms with Crippen LogP contribution in [0.1, 0.15) is 28.8 Å². The highest BCUT2D eigenvalue weighted by Gasteiger charge is 2.28. The summed E-state index contributed by atoms with van der Waals surface area (Å²) >= 11 is 0. The van der Waals surface area contributed by atoms with Crippen molar-refractivity contribution in [2.45, 2.75) is 25.9 Å². The molecule has 2 aromatic rings. The molecule has 0 atom stereocenters. The summed E-state index contributed by atoms with van der Waals surface area (Å²) < 4.78 is 41.5. The van der Waals surface area contributed by atoms with Crippen LogP contribution in [0.3, 0.4) is 0 Å². The van der Waals surface area contributed by atoms with E-state index in [0.717, 1.165) is 5.56 Å². The van der Waals surface area contributed by atoms with E-state index in [4.69, 9.17) is 4.74 Å². The summed E-state index contributed by atoms with van der Waals surface area (Å²) in [5.74, 6) is -0.738. The molecule has 26 heavy (non-hydrogen) atoms. The Kier molecular flexibility index (Phi) is 6.38. The number of hydrogen-bond donors (Lipinski definition) is 1. The van der Waals surface area contributed by atoms with Crippen molar-refractivity contribution < 1.29 is 27.5 Å². The zero-order chi connectivity index (χ0) is 19.2. The molecule has 4 nitrogen and oxygen atoms in total. The second-order valence-corrected chi connectivity index (χ2v) is 5.74. The van der Waals surface area contributed by atoms with Gasteiger partial charge in [-0.15, -0.1) is 0 Å². The fourth-order valence-corrected chi connectivity index (χ4v) is 2.18. The third kappa shape index (κ3) is 6.23. The summed E-state index contributed by atoms with van der Waals surface area (Å²) in [4.78, 5) is 24.1. The number of amides is 1. The van der Waals surface area contributed by atoms with E-state index in [1.165, 1.54) is 18.2 Å². The number of ether oxygens (including phenoxy) is 1. The average molecular weight is 365 g/mol. The van der Waals surface area contributed by atoms with E-state index in [9.17, 15) is 22.8 Å². The quantitative estimate of drug-likeness (QED) is 0.733. The number of carbonyl (C=O) groups is 2. The van der Waals surface area contributed by atoms with Gasteiger partial charge in [0.25, 0.3) is 0 Å². The lowest BCUT2D eigenvalue weighted by Crippen LogP contribution is -2.20. The fraction of sp³-hybridized carbons (Fsp3) is 0.263. The van der Waals surface area contributed by atoms with E-state index in [-0.39, 0.29) is 30.1 Å². The maximum atomic E-state index is 12.3. The predicted octanol–water partition coefficient (Wildman–Crippen LogP) is 4.54. The van der Waals surface area contributed by atoms with Gasteiger partial charge in [-0.3, -0.25) is 9.59 Å². The number of anilines is 1. The van der Waals surface area contributed by atoms with Gasteiger partial charge >= 0.3 is 6.18 Å². The van der Waals surface area contributed by atoms with Crippen LogP contribution in [0.25, 0.3) is 0 Å². The fourth-order valence-electron chi connectivity index (χ4n) is 2.18. The van der Waals surface area contributed by atoms with Crippen molar-refractivity contribution in [3.8, 4) is 5.75 Å². The first-order valence-electron chi connectivity index (χ1n) is 7.93. The number of aryl methyl sites for hydroxylation is 1. The maximum absolute atomic E-state index is 12.3. The Hall–Kier alpha value is -2.83. The zero-order valence-electron chi connectivity index (χ0n) is 14.1. The molecule has 0 aromatic heterocycles. The van der Waals surface area contributed by atoms with Crippen LogP contribution in [0.4, 0.5) is 18.9 Å². The number of halogens is 3. The minimum Gasteiger partial charge on any atom is -0.482 e. The van der Waals surface area contributed by atoms with Crippen LogP contribution in [0, 0.1) is 6.92 Å². The van der Waals surface area contributed by atoms with E-state index >= 15 is 0 Å². The molecule has 0 bridgehead atoms. The van der Waals surface area contributed by atoms with E-state index in [0.29, 0.717) is 5.56 Å². The molecule has 1 N–H and O–H groups in total. The molecule has 0 spiro atoms. The van der Waals surface area contributed by atoms with Crippen LogP contribution < -0.4 is 10.1 Å². The Bertz CT molecular complexity index is 770. The van der Waals surface area contributed by atoms with Gasteiger partial charge in [0.15, 0.2) is 12.4 Å². The standard InChI is InChI=1S/C19H18F3NO3/c1-13-6-8-14(9-7-13)16(24)10-11-18(25)23-15-4-2-3-5-17(15)26-12-19(20,21)22/h2-9H,10-12H2,1H3,(H,23,25). The smallest absolute Gasteiger partial charge is 0.422 e. The molecular formula is C19H18F3NO3. The molecule has 0 unspecified atom stereocenters. The van der Waals surface area contributed by atoms with Crippen molar-refractivity contribution in [3.05, 3.63) is 59.7 Å². The van der Waals surface area contributed by atoms with E-state index in [2.05, 4.69) is 5.32 Å². The summed E-state index contributed by atoms with van der Waals surface area (Å²) in [6.07, 6.45) is -4.56. The molecular weight excluding hydrogens is 347 g/mol. The molecule has 0 aliphatic heterocycles. The topological polar surface area (TPSA) is 55.4 Å². The Morgan fingerprint density at radius 3 is 2.31 bits per heavy atom. The van der Waals surface area contributed by atoms with Crippen LogP contribution in [-0.2, 0) is 4.79 Å². The van der Waals surface area contributed by atoms with Crippen LogP contribution in [-0.4, -0.2) is 24.5 Å². The number of nitrogens with one attached hydrogen (secondary N) is 1. The minimum atomic E-state index is -4.47. The Morgan fingerprint density at radius 2 is 1.65 bits per heavy atom. The lowest BCUT2D eigenvalue weighted by molar-refractivity contribution is -0.153. The Labute approximate surface area is 149 Å². The first kappa shape index (κ1) is 19.5. The van der Waals surface area contributed by atoms with Crippen molar-refractivity contribution in [1.82, 2.24) is 0 Å². The number of ketones is 1. The molecule has 0 heterocycles. The molecule has 0 aliphatic carbocycles. The number of benzene rings is 2. The molecule has 0 radical (unpaired) electrons. The molecule has 0 saturated carbocycles. The number of Topliss-reactive ketones (excluding diaryl/α,β-unsaturated/α-hetero) is 1. The van der Waals surface area contributed by atoms with Crippen LogP contribution >= 0.6 is 0 Å². The molecule has 0 saturated heterocycles. The summed E-state index contributed by atoms with van der Waals surface area (Å²) in [5, 5.41) is 2.48. The second kappa shape index (κ2) is 8.51.